The van der Waals surface area contributed by atoms with Crippen molar-refractivity contribution in [1.29, 1.82) is 0 Å². The van der Waals surface area contributed by atoms with Gasteiger partial charge in [0.05, 0.1) is 16.8 Å². The van der Waals surface area contributed by atoms with Crippen LogP contribution in [0.15, 0.2) is 36.3 Å². The lowest BCUT2D eigenvalue weighted by Crippen LogP contribution is -1.98. The number of nitro groups is 1. The highest BCUT2D eigenvalue weighted by Gasteiger charge is 2.05. The summed E-state index contributed by atoms with van der Waals surface area (Å²) in [5.41, 5.74) is 0.433. The molecule has 2 aromatic rings. The topological polar surface area (TPSA) is 73.8 Å². The normalized spacial score (nSPS) is 11.6. The molecule has 0 fully saturated rings. The van der Waals surface area contributed by atoms with Crippen LogP contribution in [0, 0.1) is 15.9 Å². The predicted molar refractivity (Wildman–Crippen MR) is 62.0 cm³/mol. The van der Waals surface area contributed by atoms with Crippen LogP contribution < -0.4 is 0 Å². The zero-order chi connectivity index (χ0) is 13.1. The quantitative estimate of drug-likeness (QED) is 0.615. The minimum Gasteiger partial charge on any atom is -0.259 e. The van der Waals surface area contributed by atoms with E-state index in [1.807, 2.05) is 0 Å². The van der Waals surface area contributed by atoms with Crippen molar-refractivity contribution in [3.8, 4) is 5.82 Å². The number of halogens is 1. The number of pyridine rings is 1. The predicted octanol–water partition coefficient (Wildman–Crippen LogP) is 2.04. The minimum atomic E-state index is -0.491. The average Bonchev–Trinajstić information content (AvgIpc) is 2.78. The van der Waals surface area contributed by atoms with Gasteiger partial charge in [0.15, 0.2) is 5.82 Å². The molecule has 0 saturated carbocycles. The fourth-order valence-electron chi connectivity index (χ4n) is 1.31. The molecule has 0 saturated heterocycles. The molecule has 0 atom stereocenters. The first-order valence-electron chi connectivity index (χ1n) is 5.06. The summed E-state index contributed by atoms with van der Waals surface area (Å²) in [6.45, 7) is 1.38. The minimum absolute atomic E-state index is 0.00712. The van der Waals surface area contributed by atoms with Crippen molar-refractivity contribution in [2.45, 2.75) is 6.92 Å². The molecule has 0 amide bonds. The van der Waals surface area contributed by atoms with E-state index in [2.05, 4.69) is 10.1 Å². The van der Waals surface area contributed by atoms with Gasteiger partial charge in [0, 0.05) is 19.2 Å². The van der Waals surface area contributed by atoms with Gasteiger partial charge in [0.1, 0.15) is 5.82 Å². The Balaban J connectivity index is 2.28. The lowest BCUT2D eigenvalue weighted by Gasteiger charge is -1.98. The molecule has 18 heavy (non-hydrogen) atoms. The number of nitrogens with zero attached hydrogens (tertiary/aromatic N) is 4. The van der Waals surface area contributed by atoms with Gasteiger partial charge in [0.2, 0.25) is 5.70 Å². The fraction of sp³-hybridized carbons (Fsp3) is 0.0909. The maximum absolute atomic E-state index is 12.7. The SMILES string of the molecule is C/C(=C\c1ccn(-c2ccc(F)cn2)n1)[N+](=O)[O-]. The third kappa shape index (κ3) is 2.57. The van der Waals surface area contributed by atoms with Gasteiger partial charge in [-0.15, -0.1) is 0 Å². The van der Waals surface area contributed by atoms with E-state index in [0.29, 0.717) is 11.5 Å². The van der Waals surface area contributed by atoms with E-state index >= 15 is 0 Å². The van der Waals surface area contributed by atoms with Crippen molar-refractivity contribution in [1.82, 2.24) is 14.8 Å². The van der Waals surface area contributed by atoms with Crippen LogP contribution in [0.3, 0.4) is 0 Å². The van der Waals surface area contributed by atoms with Crippen LogP contribution in [-0.2, 0) is 0 Å². The number of allylic oxidation sites excluding steroid dienone is 1. The van der Waals surface area contributed by atoms with Gasteiger partial charge in [-0.05, 0) is 18.2 Å². The third-order valence-corrected chi connectivity index (χ3v) is 2.20. The highest BCUT2D eigenvalue weighted by molar-refractivity contribution is 5.45. The number of aromatic nitrogens is 3. The Kier molecular flexibility index (Phi) is 3.13. The summed E-state index contributed by atoms with van der Waals surface area (Å²) < 4.78 is 14.1. The summed E-state index contributed by atoms with van der Waals surface area (Å²) in [6, 6.07) is 4.34. The molecule has 2 heterocycles. The second-order valence-electron chi connectivity index (χ2n) is 3.56. The zero-order valence-electron chi connectivity index (χ0n) is 9.45. The van der Waals surface area contributed by atoms with Gasteiger partial charge >= 0.3 is 0 Å². The molecule has 0 unspecified atom stereocenters. The summed E-state index contributed by atoms with van der Waals surface area (Å²) in [6.07, 6.45) is 4.02. The van der Waals surface area contributed by atoms with Crippen molar-refractivity contribution in [3.05, 3.63) is 57.9 Å². The second kappa shape index (κ2) is 4.74. The number of hydrogen-bond donors (Lipinski definition) is 0. The van der Waals surface area contributed by atoms with Crippen molar-refractivity contribution in [3.63, 3.8) is 0 Å². The van der Waals surface area contributed by atoms with E-state index in [1.54, 1.807) is 12.3 Å². The molecule has 6 nitrogen and oxygen atoms in total. The van der Waals surface area contributed by atoms with E-state index in [9.17, 15) is 14.5 Å². The molecule has 0 aliphatic rings. The van der Waals surface area contributed by atoms with Crippen LogP contribution in [0.5, 0.6) is 0 Å². The molecule has 92 valence electrons. The summed E-state index contributed by atoms with van der Waals surface area (Å²) in [5.74, 6) is 0.00466. The van der Waals surface area contributed by atoms with E-state index in [4.69, 9.17) is 0 Å². The first kappa shape index (κ1) is 11.9. The average molecular weight is 248 g/mol. The van der Waals surface area contributed by atoms with Gasteiger partial charge in [-0.25, -0.2) is 14.1 Å². The Labute approximate surface area is 102 Å². The molecule has 0 radical (unpaired) electrons. The molecule has 0 spiro atoms. The van der Waals surface area contributed by atoms with Gasteiger partial charge in [0.25, 0.3) is 0 Å². The summed E-state index contributed by atoms with van der Waals surface area (Å²) in [7, 11) is 0. The highest BCUT2D eigenvalue weighted by atomic mass is 19.1. The zero-order valence-corrected chi connectivity index (χ0v) is 9.45. The van der Waals surface area contributed by atoms with Gasteiger partial charge in [-0.2, -0.15) is 5.10 Å². The Morgan fingerprint density at radius 3 is 2.89 bits per heavy atom. The summed E-state index contributed by atoms with van der Waals surface area (Å²) in [5, 5.41) is 14.6. The van der Waals surface area contributed by atoms with E-state index < -0.39 is 10.7 Å². The van der Waals surface area contributed by atoms with Crippen LogP contribution in [0.25, 0.3) is 11.9 Å². The Bertz CT molecular complexity index is 604. The van der Waals surface area contributed by atoms with Crippen LogP contribution in [0.1, 0.15) is 12.6 Å². The van der Waals surface area contributed by atoms with Crippen LogP contribution in [0.2, 0.25) is 0 Å². The lowest BCUT2D eigenvalue weighted by molar-refractivity contribution is -0.422. The largest absolute Gasteiger partial charge is 0.259 e. The maximum Gasteiger partial charge on any atom is 0.245 e. The Morgan fingerprint density at radius 1 is 1.50 bits per heavy atom. The Morgan fingerprint density at radius 2 is 2.28 bits per heavy atom. The molecule has 0 aromatic carbocycles. The van der Waals surface area contributed by atoms with Gasteiger partial charge in [-0.1, -0.05) is 0 Å². The molecule has 0 aliphatic heterocycles. The molecule has 0 bridgehead atoms. The van der Waals surface area contributed by atoms with Crippen LogP contribution >= 0.6 is 0 Å². The van der Waals surface area contributed by atoms with E-state index in [-0.39, 0.29) is 5.70 Å². The number of rotatable bonds is 3. The molecular weight excluding hydrogens is 239 g/mol. The first-order valence-corrected chi connectivity index (χ1v) is 5.06. The fourth-order valence-corrected chi connectivity index (χ4v) is 1.31. The smallest absolute Gasteiger partial charge is 0.245 e. The molecule has 0 aliphatic carbocycles. The third-order valence-electron chi connectivity index (χ3n) is 2.20. The van der Waals surface area contributed by atoms with Gasteiger partial charge in [-0.3, -0.25) is 10.1 Å². The Hall–Kier alpha value is -2.57. The first-order chi connectivity index (χ1) is 8.56. The van der Waals surface area contributed by atoms with E-state index in [1.165, 1.54) is 29.8 Å². The standard InChI is InChI=1S/C11H9FN4O2/c1-8(16(17)18)6-10-4-5-15(14-10)11-3-2-9(12)7-13-11/h2-7H,1H3/b8-6+. The second-order valence-corrected chi connectivity index (χ2v) is 3.56. The molecule has 2 rings (SSSR count). The van der Waals surface area contributed by atoms with Crippen molar-refractivity contribution in [2.24, 2.45) is 0 Å². The maximum atomic E-state index is 12.7. The van der Waals surface area contributed by atoms with Crippen LogP contribution in [0.4, 0.5) is 4.39 Å². The van der Waals surface area contributed by atoms with Gasteiger partial charge < -0.3 is 0 Å². The molecule has 0 N–H and O–H groups in total. The van der Waals surface area contributed by atoms with Crippen molar-refractivity contribution in [2.75, 3.05) is 0 Å². The summed E-state index contributed by atoms with van der Waals surface area (Å²) in [4.78, 5) is 13.8. The van der Waals surface area contributed by atoms with Crippen molar-refractivity contribution >= 4 is 6.08 Å². The molecular formula is C11H9FN4O2. The van der Waals surface area contributed by atoms with E-state index in [0.717, 1.165) is 6.20 Å². The summed E-state index contributed by atoms with van der Waals surface area (Å²) >= 11 is 0. The van der Waals surface area contributed by atoms with Crippen molar-refractivity contribution < 1.29 is 9.31 Å². The molecule has 7 heteroatoms. The monoisotopic (exact) mass is 248 g/mol. The highest BCUT2D eigenvalue weighted by Crippen LogP contribution is 2.08. The number of hydrogen-bond acceptors (Lipinski definition) is 4. The van der Waals surface area contributed by atoms with Crippen LogP contribution in [-0.4, -0.2) is 19.7 Å². The molecule has 2 aromatic heterocycles. The lowest BCUT2D eigenvalue weighted by atomic mass is 10.3.